The van der Waals surface area contributed by atoms with Crippen molar-refractivity contribution >= 4 is 64.0 Å². The van der Waals surface area contributed by atoms with E-state index in [1.807, 2.05) is 0 Å². The Morgan fingerprint density at radius 2 is 1.75 bits per heavy atom. The predicted molar refractivity (Wildman–Crippen MR) is 94.7 cm³/mol. The second kappa shape index (κ2) is 7.57. The van der Waals surface area contributed by atoms with Crippen LogP contribution in [0.3, 0.4) is 0 Å². The number of methoxy groups -OCH3 is 1. The molecule has 0 aliphatic heterocycles. The number of carbonyl (C=O) groups is 2. The maximum Gasteiger partial charge on any atom is 0.338 e. The van der Waals surface area contributed by atoms with Gasteiger partial charge in [-0.2, -0.15) is 0 Å². The van der Waals surface area contributed by atoms with Crippen LogP contribution in [0, 0.1) is 6.92 Å². The molecule has 0 bridgehead atoms. The monoisotopic (exact) mass is 406 g/mol. The van der Waals surface area contributed by atoms with Gasteiger partial charge in [-0.15, -0.1) is 0 Å². The molecule has 0 spiro atoms. The minimum absolute atomic E-state index is 0.0382. The van der Waals surface area contributed by atoms with Crippen molar-refractivity contribution in [3.05, 3.63) is 55.2 Å². The molecule has 126 valence electrons. The Balaban J connectivity index is 2.40. The topological polar surface area (TPSA) is 68.3 Å². The van der Waals surface area contributed by atoms with Crippen LogP contribution < -0.4 is 5.32 Å². The maximum atomic E-state index is 12.4. The number of halogens is 4. The Labute approximate surface area is 157 Å². The lowest BCUT2D eigenvalue weighted by Crippen LogP contribution is -2.16. The van der Waals surface area contributed by atoms with Crippen molar-refractivity contribution in [3.63, 3.8) is 0 Å². The Kier molecular flexibility index (Phi) is 5.93. The van der Waals surface area contributed by atoms with Gasteiger partial charge >= 0.3 is 5.97 Å². The van der Waals surface area contributed by atoms with E-state index in [0.29, 0.717) is 16.8 Å². The van der Waals surface area contributed by atoms with Gasteiger partial charge < -0.3 is 10.1 Å². The van der Waals surface area contributed by atoms with Crippen LogP contribution in [0.25, 0.3) is 0 Å². The third-order valence-electron chi connectivity index (χ3n) is 3.19. The second-order valence-corrected chi connectivity index (χ2v) is 6.11. The van der Waals surface area contributed by atoms with E-state index in [1.165, 1.54) is 7.11 Å². The van der Waals surface area contributed by atoms with Crippen molar-refractivity contribution in [2.75, 3.05) is 12.4 Å². The molecule has 24 heavy (non-hydrogen) atoms. The Bertz CT molecular complexity index is 840. The number of amides is 1. The normalized spacial score (nSPS) is 10.4. The number of carbonyl (C=O) groups excluding carboxylic acids is 2. The van der Waals surface area contributed by atoms with Crippen LogP contribution in [-0.2, 0) is 4.74 Å². The number of nitrogens with one attached hydrogen (secondary N) is 1. The number of anilines is 1. The summed E-state index contributed by atoms with van der Waals surface area (Å²) < 4.78 is 4.69. The maximum absolute atomic E-state index is 12.4. The highest BCUT2D eigenvalue weighted by Gasteiger charge is 2.21. The van der Waals surface area contributed by atoms with Crippen molar-refractivity contribution in [2.24, 2.45) is 0 Å². The smallest absolute Gasteiger partial charge is 0.338 e. The number of esters is 1. The van der Waals surface area contributed by atoms with Crippen LogP contribution in [0.15, 0.2) is 18.2 Å². The molecule has 1 aromatic carbocycles. The molecular weight excluding hydrogens is 398 g/mol. The number of rotatable bonds is 3. The lowest BCUT2D eigenvalue weighted by Gasteiger charge is -2.12. The highest BCUT2D eigenvalue weighted by atomic mass is 35.5. The fourth-order valence-electron chi connectivity index (χ4n) is 1.92. The Hall–Kier alpha value is -1.53. The van der Waals surface area contributed by atoms with Crippen LogP contribution in [-0.4, -0.2) is 24.0 Å². The number of hydrogen-bond acceptors (Lipinski definition) is 4. The highest BCUT2D eigenvalue weighted by molar-refractivity contribution is 6.52. The molecule has 1 amide bonds. The zero-order valence-corrected chi connectivity index (χ0v) is 15.4. The molecule has 0 unspecified atom stereocenters. The van der Waals surface area contributed by atoms with E-state index >= 15 is 0 Å². The number of benzene rings is 1. The first-order valence-corrected chi connectivity index (χ1v) is 7.98. The number of pyridine rings is 1. The van der Waals surface area contributed by atoms with E-state index in [1.54, 1.807) is 25.1 Å². The molecule has 0 fully saturated rings. The largest absolute Gasteiger partial charge is 0.465 e. The van der Waals surface area contributed by atoms with E-state index in [4.69, 9.17) is 51.1 Å². The Morgan fingerprint density at radius 3 is 2.38 bits per heavy atom. The third-order valence-corrected chi connectivity index (χ3v) is 4.86. The number of ether oxygens (including phenoxy) is 1. The zero-order valence-electron chi connectivity index (χ0n) is 12.4. The van der Waals surface area contributed by atoms with Crippen molar-refractivity contribution in [1.82, 2.24) is 4.98 Å². The number of aromatic nitrogens is 1. The lowest BCUT2D eigenvalue weighted by molar-refractivity contribution is 0.0599. The summed E-state index contributed by atoms with van der Waals surface area (Å²) in [5.74, 6) is -1.16. The van der Waals surface area contributed by atoms with Gasteiger partial charge in [0.1, 0.15) is 10.8 Å². The van der Waals surface area contributed by atoms with Gasteiger partial charge in [-0.3, -0.25) is 4.79 Å². The van der Waals surface area contributed by atoms with Crippen LogP contribution in [0.1, 0.15) is 26.4 Å². The summed E-state index contributed by atoms with van der Waals surface area (Å²) in [7, 11) is 1.27. The van der Waals surface area contributed by atoms with Crippen LogP contribution in [0.2, 0.25) is 20.2 Å². The van der Waals surface area contributed by atoms with Crippen molar-refractivity contribution in [2.45, 2.75) is 6.92 Å². The first kappa shape index (κ1) is 18.8. The third kappa shape index (κ3) is 3.59. The minimum Gasteiger partial charge on any atom is -0.465 e. The van der Waals surface area contributed by atoms with Gasteiger partial charge in [0.15, 0.2) is 0 Å². The van der Waals surface area contributed by atoms with Gasteiger partial charge in [0.2, 0.25) is 0 Å². The summed E-state index contributed by atoms with van der Waals surface area (Å²) in [5, 5.41) is 2.24. The summed E-state index contributed by atoms with van der Waals surface area (Å²) >= 11 is 23.6. The second-order valence-electron chi connectivity index (χ2n) is 4.62. The van der Waals surface area contributed by atoms with E-state index in [-0.39, 0.29) is 25.9 Å². The summed E-state index contributed by atoms with van der Waals surface area (Å²) in [4.78, 5) is 28.0. The average molecular weight is 408 g/mol. The van der Waals surface area contributed by atoms with Crippen molar-refractivity contribution < 1.29 is 14.3 Å². The van der Waals surface area contributed by atoms with Gasteiger partial charge in [-0.1, -0.05) is 52.5 Å². The van der Waals surface area contributed by atoms with Crippen LogP contribution in [0.4, 0.5) is 5.69 Å². The molecule has 0 aliphatic rings. The van der Waals surface area contributed by atoms with Gasteiger partial charge in [0.05, 0.1) is 27.7 Å². The zero-order chi connectivity index (χ0) is 18.0. The predicted octanol–water partition coefficient (Wildman–Crippen LogP) is 5.04. The molecule has 1 N–H and O–H groups in total. The summed E-state index contributed by atoms with van der Waals surface area (Å²) in [5.41, 5.74) is 1.06. The van der Waals surface area contributed by atoms with E-state index in [0.717, 1.165) is 0 Å². The molecule has 5 nitrogen and oxygen atoms in total. The molecule has 1 heterocycles. The summed E-state index contributed by atoms with van der Waals surface area (Å²) in [6.07, 6.45) is 0. The molecule has 0 saturated heterocycles. The Morgan fingerprint density at radius 1 is 1.08 bits per heavy atom. The molecule has 1 aromatic heterocycles. The number of hydrogen-bond donors (Lipinski definition) is 1. The molecule has 0 saturated carbocycles. The average Bonchev–Trinajstić information content (AvgIpc) is 2.57. The van der Waals surface area contributed by atoms with Gasteiger partial charge in [-0.25, -0.2) is 9.78 Å². The quantitative estimate of drug-likeness (QED) is 0.571. The minimum atomic E-state index is -0.648. The van der Waals surface area contributed by atoms with Gasteiger partial charge in [0, 0.05) is 5.69 Å². The fraction of sp³-hybridized carbons (Fsp3) is 0.133. The molecule has 0 radical (unpaired) electrons. The van der Waals surface area contributed by atoms with Crippen LogP contribution >= 0.6 is 46.4 Å². The van der Waals surface area contributed by atoms with E-state index in [2.05, 4.69) is 10.3 Å². The van der Waals surface area contributed by atoms with Gasteiger partial charge in [-0.05, 0) is 24.6 Å². The SMILES string of the molecule is COC(=O)c1cccc(NC(=O)c2nc(Cl)c(Cl)c(Cl)c2Cl)c1C. The molecule has 0 aliphatic carbocycles. The molecule has 0 atom stereocenters. The first-order valence-electron chi connectivity index (χ1n) is 6.47. The van der Waals surface area contributed by atoms with Crippen LogP contribution in [0.5, 0.6) is 0 Å². The molecular formula is C15H10Cl4N2O3. The lowest BCUT2D eigenvalue weighted by atomic mass is 10.1. The van der Waals surface area contributed by atoms with E-state index < -0.39 is 11.9 Å². The molecule has 2 rings (SSSR count). The standard InChI is InChI=1S/C15H10Cl4N2O3/c1-6-7(15(23)24-2)4-3-5-8(6)20-14(22)12-10(17)9(16)11(18)13(19)21-12/h3-5H,1-2H3,(H,20,22). The number of nitrogens with zero attached hydrogens (tertiary/aromatic N) is 1. The summed E-state index contributed by atoms with van der Waals surface area (Å²) in [6.45, 7) is 1.67. The van der Waals surface area contributed by atoms with Crippen molar-refractivity contribution in [3.8, 4) is 0 Å². The first-order chi connectivity index (χ1) is 11.3. The molecule has 2 aromatic rings. The fourth-order valence-corrected chi connectivity index (χ4v) is 2.74. The van der Waals surface area contributed by atoms with Crippen molar-refractivity contribution in [1.29, 1.82) is 0 Å². The van der Waals surface area contributed by atoms with E-state index in [9.17, 15) is 9.59 Å². The highest BCUT2D eigenvalue weighted by Crippen LogP contribution is 2.36. The summed E-state index contributed by atoms with van der Waals surface area (Å²) in [6, 6.07) is 4.80. The van der Waals surface area contributed by atoms with Gasteiger partial charge in [0.25, 0.3) is 5.91 Å². The molecule has 9 heteroatoms.